The number of hydrogen-bond donors (Lipinski definition) is 0. The standard InChI is InChI=1S/C25H23ClN2O5S/c1-2-3-5-19-8-13-22(14-9-19)27(34(32,33)24-15-11-21(26)12-16-24)25(29)17-10-20-6-4-7-23(18-20)28(30)31/h4,6-18H,2-3,5H2,1H3/b17-10+. The largest absolute Gasteiger partial charge is 0.271 e. The van der Waals surface area contributed by atoms with E-state index in [0.717, 1.165) is 30.9 Å². The molecule has 0 unspecified atom stereocenters. The number of anilines is 1. The molecule has 0 aliphatic rings. The fourth-order valence-corrected chi connectivity index (χ4v) is 4.77. The molecule has 176 valence electrons. The second-order valence-electron chi connectivity index (χ2n) is 7.52. The van der Waals surface area contributed by atoms with Gasteiger partial charge in [-0.05, 0) is 66.4 Å². The third-order valence-corrected chi connectivity index (χ3v) is 7.03. The van der Waals surface area contributed by atoms with Crippen molar-refractivity contribution in [3.05, 3.63) is 105 Å². The molecule has 34 heavy (non-hydrogen) atoms. The number of amides is 1. The van der Waals surface area contributed by atoms with E-state index in [1.807, 2.05) is 0 Å². The summed E-state index contributed by atoms with van der Waals surface area (Å²) in [6, 6.07) is 18.0. The second-order valence-corrected chi connectivity index (χ2v) is 9.74. The third kappa shape index (κ3) is 6.09. The Morgan fingerprint density at radius 2 is 1.74 bits per heavy atom. The number of rotatable bonds is 9. The minimum absolute atomic E-state index is 0.0935. The lowest BCUT2D eigenvalue weighted by molar-refractivity contribution is -0.384. The average Bonchev–Trinajstić information content (AvgIpc) is 2.82. The number of benzene rings is 3. The van der Waals surface area contributed by atoms with Crippen molar-refractivity contribution < 1.29 is 18.1 Å². The predicted molar refractivity (Wildman–Crippen MR) is 133 cm³/mol. The molecule has 7 nitrogen and oxygen atoms in total. The topological polar surface area (TPSA) is 97.6 Å². The normalized spacial score (nSPS) is 11.5. The lowest BCUT2D eigenvalue weighted by Crippen LogP contribution is -2.35. The van der Waals surface area contributed by atoms with Crippen LogP contribution in [-0.2, 0) is 21.2 Å². The van der Waals surface area contributed by atoms with Crippen molar-refractivity contribution in [2.75, 3.05) is 4.31 Å². The van der Waals surface area contributed by atoms with Gasteiger partial charge >= 0.3 is 0 Å². The molecule has 0 aliphatic heterocycles. The molecule has 0 fully saturated rings. The molecule has 0 heterocycles. The first-order valence-electron chi connectivity index (χ1n) is 10.6. The van der Waals surface area contributed by atoms with Gasteiger partial charge in [-0.25, -0.2) is 8.42 Å². The Bertz CT molecular complexity index is 1300. The summed E-state index contributed by atoms with van der Waals surface area (Å²) in [4.78, 5) is 23.5. The monoisotopic (exact) mass is 498 g/mol. The Morgan fingerprint density at radius 1 is 1.06 bits per heavy atom. The Morgan fingerprint density at radius 3 is 2.35 bits per heavy atom. The maximum Gasteiger partial charge on any atom is 0.271 e. The van der Waals surface area contributed by atoms with Crippen LogP contribution >= 0.6 is 11.6 Å². The van der Waals surface area contributed by atoms with Crippen molar-refractivity contribution in [1.82, 2.24) is 0 Å². The number of aryl methyl sites for hydroxylation is 1. The van der Waals surface area contributed by atoms with Crippen molar-refractivity contribution in [2.45, 2.75) is 31.1 Å². The van der Waals surface area contributed by atoms with Crippen molar-refractivity contribution >= 4 is 45.0 Å². The van der Waals surface area contributed by atoms with Crippen LogP contribution in [0, 0.1) is 10.1 Å². The lowest BCUT2D eigenvalue weighted by Gasteiger charge is -2.22. The molecule has 0 saturated carbocycles. The van der Waals surface area contributed by atoms with Crippen LogP contribution in [0.5, 0.6) is 0 Å². The van der Waals surface area contributed by atoms with Crippen molar-refractivity contribution in [3.63, 3.8) is 0 Å². The van der Waals surface area contributed by atoms with Crippen LogP contribution in [0.3, 0.4) is 0 Å². The van der Waals surface area contributed by atoms with Gasteiger partial charge in [-0.1, -0.05) is 49.2 Å². The highest BCUT2D eigenvalue weighted by atomic mass is 35.5. The summed E-state index contributed by atoms with van der Waals surface area (Å²) >= 11 is 5.90. The quantitative estimate of drug-likeness (QED) is 0.204. The Labute approximate surface area is 203 Å². The molecule has 0 atom stereocenters. The third-order valence-electron chi connectivity index (χ3n) is 5.04. The van der Waals surface area contributed by atoms with Crippen molar-refractivity contribution in [2.24, 2.45) is 0 Å². The highest BCUT2D eigenvalue weighted by Crippen LogP contribution is 2.26. The van der Waals surface area contributed by atoms with Gasteiger partial charge in [0.15, 0.2) is 0 Å². The van der Waals surface area contributed by atoms with Gasteiger partial charge in [-0.3, -0.25) is 14.9 Å². The molecule has 0 aliphatic carbocycles. The number of nitrogens with zero attached hydrogens (tertiary/aromatic N) is 2. The van der Waals surface area contributed by atoms with Crippen LogP contribution in [0.1, 0.15) is 30.9 Å². The van der Waals surface area contributed by atoms with E-state index in [9.17, 15) is 23.3 Å². The van der Waals surface area contributed by atoms with Gasteiger partial charge in [0.1, 0.15) is 0 Å². The molecule has 0 bridgehead atoms. The summed E-state index contributed by atoms with van der Waals surface area (Å²) < 4.78 is 27.6. The number of nitro groups is 1. The van der Waals surface area contributed by atoms with Crippen LogP contribution in [0.2, 0.25) is 5.02 Å². The Balaban J connectivity index is 2.00. The summed E-state index contributed by atoms with van der Waals surface area (Å²) in [5.74, 6) is -0.817. The van der Waals surface area contributed by atoms with Crippen LogP contribution in [-0.4, -0.2) is 19.2 Å². The van der Waals surface area contributed by atoms with Crippen molar-refractivity contribution in [1.29, 1.82) is 0 Å². The fourth-order valence-electron chi connectivity index (χ4n) is 3.25. The molecule has 3 aromatic rings. The molecule has 0 spiro atoms. The number of sulfonamides is 1. The summed E-state index contributed by atoms with van der Waals surface area (Å²) in [5, 5.41) is 11.4. The van der Waals surface area contributed by atoms with E-state index in [1.165, 1.54) is 48.5 Å². The maximum absolute atomic E-state index is 13.4. The molecule has 0 N–H and O–H groups in total. The Hall–Kier alpha value is -3.49. The van der Waals surface area contributed by atoms with Gasteiger partial charge in [0, 0.05) is 23.2 Å². The van der Waals surface area contributed by atoms with Gasteiger partial charge < -0.3 is 0 Å². The van der Waals surface area contributed by atoms with Crippen LogP contribution in [0.25, 0.3) is 6.08 Å². The van der Waals surface area contributed by atoms with E-state index >= 15 is 0 Å². The van der Waals surface area contributed by atoms with Gasteiger partial charge in [0.25, 0.3) is 21.6 Å². The highest BCUT2D eigenvalue weighted by molar-refractivity contribution is 7.93. The van der Waals surface area contributed by atoms with Gasteiger partial charge in [0.2, 0.25) is 0 Å². The van der Waals surface area contributed by atoms with Crippen LogP contribution in [0.4, 0.5) is 11.4 Å². The van der Waals surface area contributed by atoms with E-state index in [4.69, 9.17) is 11.6 Å². The zero-order valence-electron chi connectivity index (χ0n) is 18.4. The zero-order valence-corrected chi connectivity index (χ0v) is 20.0. The van der Waals surface area contributed by atoms with E-state index < -0.39 is 20.9 Å². The first kappa shape index (κ1) is 25.1. The molecule has 3 rings (SSSR count). The molecule has 0 radical (unpaired) electrons. The predicted octanol–water partition coefficient (Wildman–Crippen LogP) is 6.03. The molecule has 1 amide bonds. The number of carbonyl (C=O) groups excluding carboxylic acids is 1. The number of carbonyl (C=O) groups is 1. The minimum atomic E-state index is -4.26. The van der Waals surface area contributed by atoms with E-state index in [0.29, 0.717) is 14.9 Å². The summed E-state index contributed by atoms with van der Waals surface area (Å²) in [6.07, 6.45) is 5.30. The first-order valence-corrected chi connectivity index (χ1v) is 12.4. The SMILES string of the molecule is CCCCc1ccc(N(C(=O)/C=C/c2cccc([N+](=O)[O-])c2)S(=O)(=O)c2ccc(Cl)cc2)cc1. The minimum Gasteiger partial charge on any atom is -0.268 e. The van der Waals surface area contributed by atoms with Gasteiger partial charge in [-0.15, -0.1) is 0 Å². The number of nitro benzene ring substituents is 1. The maximum atomic E-state index is 13.4. The number of hydrogen-bond acceptors (Lipinski definition) is 5. The van der Waals surface area contributed by atoms with Crippen molar-refractivity contribution in [3.8, 4) is 0 Å². The lowest BCUT2D eigenvalue weighted by atomic mass is 10.1. The second kappa shape index (κ2) is 11.1. The molecule has 9 heteroatoms. The fraction of sp³-hybridized carbons (Fsp3) is 0.160. The van der Waals surface area contributed by atoms with E-state index in [-0.39, 0.29) is 16.3 Å². The number of halogens is 1. The molecular formula is C25H23ClN2O5S. The molecule has 0 saturated heterocycles. The van der Waals surface area contributed by atoms with Gasteiger partial charge in [-0.2, -0.15) is 4.31 Å². The van der Waals surface area contributed by atoms with E-state index in [1.54, 1.807) is 30.3 Å². The summed E-state index contributed by atoms with van der Waals surface area (Å²) in [5.41, 5.74) is 1.47. The highest BCUT2D eigenvalue weighted by Gasteiger charge is 2.29. The molecule has 0 aromatic heterocycles. The Kier molecular flexibility index (Phi) is 8.20. The summed E-state index contributed by atoms with van der Waals surface area (Å²) in [6.45, 7) is 2.08. The average molecular weight is 499 g/mol. The van der Waals surface area contributed by atoms with Crippen LogP contribution < -0.4 is 4.31 Å². The zero-order chi connectivity index (χ0) is 24.7. The number of unbranched alkanes of at least 4 members (excludes halogenated alkanes) is 1. The van der Waals surface area contributed by atoms with Gasteiger partial charge in [0.05, 0.1) is 15.5 Å². The summed E-state index contributed by atoms with van der Waals surface area (Å²) in [7, 11) is -4.26. The molecule has 3 aromatic carbocycles. The molecular weight excluding hydrogens is 476 g/mol. The number of non-ortho nitro benzene ring substituents is 1. The first-order chi connectivity index (χ1) is 16.2. The van der Waals surface area contributed by atoms with E-state index in [2.05, 4.69) is 6.92 Å². The smallest absolute Gasteiger partial charge is 0.268 e. The van der Waals surface area contributed by atoms with Crippen LogP contribution in [0.15, 0.2) is 83.8 Å².